The number of aryl methyl sites for hydroxylation is 2. The number of hydrogen-bond acceptors (Lipinski definition) is 4. The van der Waals surface area contributed by atoms with Gasteiger partial charge in [0.15, 0.2) is 0 Å². The molecule has 3 fully saturated rings. The minimum absolute atomic E-state index is 0.134. The van der Waals surface area contributed by atoms with Crippen LogP contribution < -0.4 is 10.6 Å². The Morgan fingerprint density at radius 3 is 2.56 bits per heavy atom. The Bertz CT molecular complexity index is 1080. The van der Waals surface area contributed by atoms with E-state index in [1.807, 2.05) is 44.2 Å². The summed E-state index contributed by atoms with van der Waals surface area (Å²) in [6.07, 6.45) is 9.39. The topological polar surface area (TPSA) is 87.7 Å². The lowest BCUT2D eigenvalue weighted by Crippen LogP contribution is -2.56. The highest BCUT2D eigenvalue weighted by molar-refractivity contribution is 6.02. The van der Waals surface area contributed by atoms with Crippen LogP contribution in [0.15, 0.2) is 30.4 Å². The van der Waals surface area contributed by atoms with Gasteiger partial charge in [0.2, 0.25) is 17.7 Å². The molecule has 1 aromatic rings. The molecule has 0 aromatic heterocycles. The monoisotopic (exact) mass is 493 g/mol. The van der Waals surface area contributed by atoms with Crippen LogP contribution >= 0.6 is 0 Å². The Hall–Kier alpha value is -2.67. The molecule has 1 aliphatic carbocycles. The maximum absolute atomic E-state index is 13.9. The van der Waals surface area contributed by atoms with E-state index in [0.717, 1.165) is 43.2 Å². The molecule has 7 nitrogen and oxygen atoms in total. The van der Waals surface area contributed by atoms with E-state index in [9.17, 15) is 14.4 Å². The zero-order valence-electron chi connectivity index (χ0n) is 21.9. The molecular formula is C29H39N3O4. The molecule has 3 amide bonds. The lowest BCUT2D eigenvalue weighted by Gasteiger charge is -2.34. The number of carbonyl (C=O) groups excluding carboxylic acids is 3. The molecule has 36 heavy (non-hydrogen) atoms. The van der Waals surface area contributed by atoms with Gasteiger partial charge in [-0.2, -0.15) is 0 Å². The molecule has 3 heterocycles. The third-order valence-electron chi connectivity index (χ3n) is 8.60. The number of anilines is 1. The molecule has 7 heteroatoms. The summed E-state index contributed by atoms with van der Waals surface area (Å²) in [6, 6.07) is 5.18. The highest BCUT2D eigenvalue weighted by Crippen LogP contribution is 2.55. The first-order valence-electron chi connectivity index (χ1n) is 13.6. The summed E-state index contributed by atoms with van der Waals surface area (Å²) in [7, 11) is 0. The highest BCUT2D eigenvalue weighted by Gasteiger charge is 2.72. The first kappa shape index (κ1) is 25.0. The summed E-state index contributed by atoms with van der Waals surface area (Å²) >= 11 is 0. The number of ether oxygens (including phenoxy) is 1. The van der Waals surface area contributed by atoms with Crippen molar-refractivity contribution in [3.63, 3.8) is 0 Å². The second-order valence-corrected chi connectivity index (χ2v) is 11.5. The standard InChI is InChI=1S/C29H39N3O4/c1-17(2)13-15-32-25(27(34)30-20-8-6-5-7-9-20)29-14-12-22(36-29)23(24(29)28(32)35)26(33)31-21-11-10-18(3)19(4)16-21/h10-12,14,16-17,20,22-25H,5-9,13,15H2,1-4H3,(H,30,34)(H,31,33)/t22-,23-,24-,25-,29-/m1/s1. The Labute approximate surface area is 214 Å². The fourth-order valence-corrected chi connectivity index (χ4v) is 6.48. The van der Waals surface area contributed by atoms with Crippen molar-refractivity contribution in [3.05, 3.63) is 41.5 Å². The van der Waals surface area contributed by atoms with E-state index in [1.165, 1.54) is 6.42 Å². The van der Waals surface area contributed by atoms with Crippen LogP contribution in [-0.4, -0.2) is 53.0 Å². The Morgan fingerprint density at radius 2 is 1.86 bits per heavy atom. The second-order valence-electron chi connectivity index (χ2n) is 11.5. The molecule has 1 saturated carbocycles. The average Bonchev–Trinajstić information content (AvgIpc) is 3.48. The molecule has 1 aromatic carbocycles. The molecule has 5 atom stereocenters. The fraction of sp³-hybridized carbons (Fsp3) is 0.621. The number of nitrogens with zero attached hydrogens (tertiary/aromatic N) is 1. The highest BCUT2D eigenvalue weighted by atomic mass is 16.5. The first-order valence-corrected chi connectivity index (χ1v) is 13.6. The van der Waals surface area contributed by atoms with E-state index in [2.05, 4.69) is 24.5 Å². The van der Waals surface area contributed by atoms with Crippen molar-refractivity contribution in [2.24, 2.45) is 17.8 Å². The maximum Gasteiger partial charge on any atom is 0.246 e. The fourth-order valence-electron chi connectivity index (χ4n) is 6.48. The number of carbonyl (C=O) groups is 3. The van der Waals surface area contributed by atoms with Crippen molar-refractivity contribution in [2.75, 3.05) is 11.9 Å². The van der Waals surface area contributed by atoms with Crippen LogP contribution in [0.4, 0.5) is 5.69 Å². The van der Waals surface area contributed by atoms with Crippen LogP contribution in [-0.2, 0) is 19.1 Å². The number of likely N-dealkylation sites (tertiary alicyclic amines) is 1. The number of rotatable bonds is 7. The smallest absolute Gasteiger partial charge is 0.246 e. The lowest BCUT2D eigenvalue weighted by molar-refractivity contribution is -0.141. The Kier molecular flexibility index (Phi) is 6.70. The van der Waals surface area contributed by atoms with Crippen molar-refractivity contribution in [1.29, 1.82) is 0 Å². The third kappa shape index (κ3) is 4.25. The predicted molar refractivity (Wildman–Crippen MR) is 138 cm³/mol. The zero-order valence-corrected chi connectivity index (χ0v) is 21.9. The predicted octanol–water partition coefficient (Wildman–Crippen LogP) is 3.89. The minimum atomic E-state index is -1.09. The van der Waals surface area contributed by atoms with Gasteiger partial charge in [0.1, 0.15) is 11.6 Å². The normalized spacial score (nSPS) is 31.2. The lowest BCUT2D eigenvalue weighted by atomic mass is 9.74. The number of nitrogens with one attached hydrogen (secondary N) is 2. The molecule has 2 saturated heterocycles. The Balaban J connectivity index is 1.42. The molecule has 4 aliphatic rings. The van der Waals surface area contributed by atoms with Crippen molar-refractivity contribution < 1.29 is 19.1 Å². The first-order chi connectivity index (χ1) is 17.2. The van der Waals surface area contributed by atoms with Gasteiger partial charge in [0.05, 0.1) is 17.9 Å². The summed E-state index contributed by atoms with van der Waals surface area (Å²) in [6.45, 7) is 8.73. The molecule has 2 bridgehead atoms. The molecule has 0 unspecified atom stereocenters. The number of benzene rings is 1. The SMILES string of the molecule is Cc1ccc(NC(=O)[C@@H]2[C@H]3C=C[C@@]4(O3)[C@H]2C(=O)N(CCC(C)C)[C@@H]4C(=O)NC2CCCCC2)cc1C. The Morgan fingerprint density at radius 1 is 1.11 bits per heavy atom. The second kappa shape index (κ2) is 9.66. The summed E-state index contributed by atoms with van der Waals surface area (Å²) in [5.41, 5.74) is 1.85. The zero-order chi connectivity index (χ0) is 25.6. The average molecular weight is 494 g/mol. The van der Waals surface area contributed by atoms with E-state index < -0.39 is 29.6 Å². The molecule has 2 N–H and O–H groups in total. The van der Waals surface area contributed by atoms with Crippen molar-refractivity contribution >= 4 is 23.4 Å². The quantitative estimate of drug-likeness (QED) is 0.564. The molecular weight excluding hydrogens is 454 g/mol. The van der Waals surface area contributed by atoms with E-state index in [4.69, 9.17) is 4.74 Å². The van der Waals surface area contributed by atoms with Crippen LogP contribution in [0, 0.1) is 31.6 Å². The van der Waals surface area contributed by atoms with E-state index >= 15 is 0 Å². The van der Waals surface area contributed by atoms with Crippen LogP contribution in [0.1, 0.15) is 63.5 Å². The van der Waals surface area contributed by atoms with Gasteiger partial charge >= 0.3 is 0 Å². The largest absolute Gasteiger partial charge is 0.359 e. The van der Waals surface area contributed by atoms with Gasteiger partial charge in [-0.15, -0.1) is 0 Å². The van der Waals surface area contributed by atoms with Crippen LogP contribution in [0.3, 0.4) is 0 Å². The molecule has 0 radical (unpaired) electrons. The van der Waals surface area contributed by atoms with Gasteiger partial charge in [-0.25, -0.2) is 0 Å². The molecule has 5 rings (SSSR count). The van der Waals surface area contributed by atoms with Crippen molar-refractivity contribution in [3.8, 4) is 0 Å². The number of amides is 3. The van der Waals surface area contributed by atoms with Gasteiger partial charge in [0, 0.05) is 18.3 Å². The number of fused-ring (bicyclic) bond motifs is 1. The van der Waals surface area contributed by atoms with Crippen molar-refractivity contribution in [2.45, 2.75) is 90.0 Å². The minimum Gasteiger partial charge on any atom is -0.359 e. The summed E-state index contributed by atoms with van der Waals surface area (Å²) < 4.78 is 6.43. The van der Waals surface area contributed by atoms with Crippen LogP contribution in [0.25, 0.3) is 0 Å². The van der Waals surface area contributed by atoms with E-state index in [1.54, 1.807) is 4.90 Å². The number of hydrogen-bond donors (Lipinski definition) is 2. The van der Waals surface area contributed by atoms with Crippen molar-refractivity contribution in [1.82, 2.24) is 10.2 Å². The van der Waals surface area contributed by atoms with Gasteiger partial charge in [-0.3, -0.25) is 14.4 Å². The molecule has 194 valence electrons. The summed E-state index contributed by atoms with van der Waals surface area (Å²) in [5, 5.41) is 6.25. The molecule has 1 spiro atoms. The van der Waals surface area contributed by atoms with E-state index in [-0.39, 0.29) is 23.8 Å². The van der Waals surface area contributed by atoms with Gasteiger partial charge < -0.3 is 20.3 Å². The van der Waals surface area contributed by atoms with E-state index in [0.29, 0.717) is 18.2 Å². The third-order valence-corrected chi connectivity index (χ3v) is 8.60. The van der Waals surface area contributed by atoms with Gasteiger partial charge in [-0.1, -0.05) is 51.3 Å². The van der Waals surface area contributed by atoms with Crippen LogP contribution in [0.2, 0.25) is 0 Å². The summed E-state index contributed by atoms with van der Waals surface area (Å²) in [4.78, 5) is 42.9. The summed E-state index contributed by atoms with van der Waals surface area (Å²) in [5.74, 6) is -1.51. The molecule has 3 aliphatic heterocycles. The van der Waals surface area contributed by atoms with Gasteiger partial charge in [-0.05, 0) is 62.3 Å². The van der Waals surface area contributed by atoms with Gasteiger partial charge in [0.25, 0.3) is 0 Å². The van der Waals surface area contributed by atoms with Crippen LogP contribution in [0.5, 0.6) is 0 Å². The maximum atomic E-state index is 13.9.